The van der Waals surface area contributed by atoms with Gasteiger partial charge in [-0.15, -0.1) is 0 Å². The van der Waals surface area contributed by atoms with Gasteiger partial charge in [-0.25, -0.2) is 5.43 Å². The molecule has 7 nitrogen and oxygen atoms in total. The second-order valence-corrected chi connectivity index (χ2v) is 7.33. The number of nitrogens with zero attached hydrogens (tertiary/aromatic N) is 3. The van der Waals surface area contributed by atoms with Crippen molar-refractivity contribution >= 4 is 23.1 Å². The summed E-state index contributed by atoms with van der Waals surface area (Å²) in [6.07, 6.45) is -4.53. The van der Waals surface area contributed by atoms with Crippen molar-refractivity contribution in [2.45, 2.75) is 31.6 Å². The highest BCUT2D eigenvalue weighted by molar-refractivity contribution is 6.09. The van der Waals surface area contributed by atoms with Gasteiger partial charge in [0.2, 0.25) is 0 Å². The fourth-order valence-electron chi connectivity index (χ4n) is 3.58. The van der Waals surface area contributed by atoms with Gasteiger partial charge in [0, 0.05) is 20.1 Å². The third-order valence-corrected chi connectivity index (χ3v) is 5.52. The van der Waals surface area contributed by atoms with Gasteiger partial charge in [0.15, 0.2) is 5.84 Å². The van der Waals surface area contributed by atoms with E-state index in [1.807, 2.05) is 6.92 Å². The van der Waals surface area contributed by atoms with E-state index in [-0.39, 0.29) is 24.0 Å². The van der Waals surface area contributed by atoms with E-state index in [4.69, 9.17) is 4.74 Å². The minimum atomic E-state index is -4.53. The molecule has 0 spiro atoms. The van der Waals surface area contributed by atoms with Gasteiger partial charge in [0.25, 0.3) is 5.91 Å². The van der Waals surface area contributed by atoms with Crippen molar-refractivity contribution in [3.8, 4) is 5.75 Å². The van der Waals surface area contributed by atoms with Crippen molar-refractivity contribution in [2.75, 3.05) is 36.5 Å². The van der Waals surface area contributed by atoms with E-state index in [1.165, 1.54) is 6.07 Å². The number of anilines is 2. The molecule has 1 atom stereocenters. The summed E-state index contributed by atoms with van der Waals surface area (Å²) >= 11 is 0. The van der Waals surface area contributed by atoms with Crippen molar-refractivity contribution in [1.82, 2.24) is 10.7 Å². The largest absolute Gasteiger partial charge is 0.483 e. The van der Waals surface area contributed by atoms with Crippen LogP contribution in [-0.2, 0) is 11.0 Å². The van der Waals surface area contributed by atoms with Crippen LogP contribution in [0.4, 0.5) is 24.5 Å². The Morgan fingerprint density at radius 2 is 2.07 bits per heavy atom. The molecule has 1 aromatic rings. The van der Waals surface area contributed by atoms with Crippen LogP contribution in [0.2, 0.25) is 0 Å². The van der Waals surface area contributed by atoms with Crippen LogP contribution in [0.3, 0.4) is 0 Å². The number of alkyl halides is 3. The smallest absolute Gasteiger partial charge is 0.418 e. The summed E-state index contributed by atoms with van der Waals surface area (Å²) in [6, 6.07) is 1.87. The van der Waals surface area contributed by atoms with Gasteiger partial charge < -0.3 is 19.9 Å². The Balaban J connectivity index is 1.87. The molecule has 1 aromatic carbocycles. The Kier molecular flexibility index (Phi) is 3.81. The summed E-state index contributed by atoms with van der Waals surface area (Å²) in [5.41, 5.74) is 1.68. The maximum atomic E-state index is 13.8. The average Bonchev–Trinajstić information content (AvgIpc) is 2.59. The SMILES string of the molecule is C[C@@H]1C(=O)NN=C2COc3cc(C(F)(F)F)c(N(C)C4(C)CNC4)cc3N21. The van der Waals surface area contributed by atoms with Crippen molar-refractivity contribution in [1.29, 1.82) is 0 Å². The van der Waals surface area contributed by atoms with E-state index in [9.17, 15) is 18.0 Å². The molecule has 0 saturated carbocycles. The number of benzene rings is 1. The molecule has 3 aliphatic heterocycles. The van der Waals surface area contributed by atoms with Crippen LogP contribution in [0.5, 0.6) is 5.75 Å². The zero-order chi connectivity index (χ0) is 19.6. The topological polar surface area (TPSA) is 69.2 Å². The van der Waals surface area contributed by atoms with Crippen LogP contribution in [0.15, 0.2) is 17.2 Å². The average molecular weight is 383 g/mol. The molecule has 0 unspecified atom stereocenters. The normalized spacial score (nSPS) is 23.3. The quantitative estimate of drug-likeness (QED) is 0.811. The Morgan fingerprint density at radius 1 is 1.37 bits per heavy atom. The summed E-state index contributed by atoms with van der Waals surface area (Å²) in [4.78, 5) is 15.3. The summed E-state index contributed by atoms with van der Waals surface area (Å²) in [5.74, 6) is 0.230. The molecule has 1 fully saturated rings. The first-order chi connectivity index (χ1) is 12.6. The lowest BCUT2D eigenvalue weighted by molar-refractivity contribution is -0.137. The number of rotatable bonds is 2. The van der Waals surface area contributed by atoms with Crippen LogP contribution in [0.1, 0.15) is 19.4 Å². The molecule has 2 N–H and O–H groups in total. The molecule has 3 heterocycles. The second kappa shape index (κ2) is 5.75. The lowest BCUT2D eigenvalue weighted by atomic mass is 9.91. The molecular formula is C17H20F3N5O2. The van der Waals surface area contributed by atoms with Gasteiger partial charge in [-0.05, 0) is 26.0 Å². The van der Waals surface area contributed by atoms with Crippen LogP contribution < -0.4 is 25.3 Å². The number of nitrogens with one attached hydrogen (secondary N) is 2. The Morgan fingerprint density at radius 3 is 2.67 bits per heavy atom. The minimum Gasteiger partial charge on any atom is -0.483 e. The zero-order valence-corrected chi connectivity index (χ0v) is 15.1. The van der Waals surface area contributed by atoms with E-state index in [2.05, 4.69) is 15.8 Å². The lowest BCUT2D eigenvalue weighted by Crippen LogP contribution is -2.66. The van der Waals surface area contributed by atoms with E-state index in [0.717, 1.165) is 6.07 Å². The third-order valence-electron chi connectivity index (χ3n) is 5.52. The highest BCUT2D eigenvalue weighted by Gasteiger charge is 2.44. The highest BCUT2D eigenvalue weighted by Crippen LogP contribution is 2.46. The summed E-state index contributed by atoms with van der Waals surface area (Å²) in [5, 5.41) is 7.08. The van der Waals surface area contributed by atoms with Gasteiger partial charge in [-0.3, -0.25) is 4.79 Å². The van der Waals surface area contributed by atoms with Gasteiger partial charge >= 0.3 is 6.18 Å². The predicted molar refractivity (Wildman–Crippen MR) is 94.1 cm³/mol. The highest BCUT2D eigenvalue weighted by atomic mass is 19.4. The number of likely N-dealkylation sites (N-methyl/N-ethyl adjacent to an activating group) is 1. The number of carbonyl (C=O) groups excluding carboxylic acids is 1. The molecule has 10 heteroatoms. The summed E-state index contributed by atoms with van der Waals surface area (Å²) < 4.78 is 46.8. The number of amides is 1. The molecule has 0 aromatic heterocycles. The fraction of sp³-hybridized carbons (Fsp3) is 0.529. The molecule has 27 heavy (non-hydrogen) atoms. The van der Waals surface area contributed by atoms with Gasteiger partial charge in [0.1, 0.15) is 18.4 Å². The van der Waals surface area contributed by atoms with Crippen molar-refractivity contribution in [3.63, 3.8) is 0 Å². The Bertz CT molecular complexity index is 835. The number of ether oxygens (including phenoxy) is 1. The van der Waals surface area contributed by atoms with E-state index < -0.39 is 23.3 Å². The summed E-state index contributed by atoms with van der Waals surface area (Å²) in [6.45, 7) is 4.75. The van der Waals surface area contributed by atoms with Crippen molar-refractivity contribution in [3.05, 3.63) is 17.7 Å². The minimum absolute atomic E-state index is 0.00820. The lowest BCUT2D eigenvalue weighted by Gasteiger charge is -2.49. The maximum Gasteiger partial charge on any atom is 0.418 e. The molecular weight excluding hydrogens is 363 g/mol. The number of hydrogen-bond acceptors (Lipinski definition) is 6. The van der Waals surface area contributed by atoms with Gasteiger partial charge in [0.05, 0.1) is 22.5 Å². The van der Waals surface area contributed by atoms with Gasteiger partial charge in [-0.1, -0.05) is 0 Å². The molecule has 1 saturated heterocycles. The number of amidine groups is 1. The first kappa shape index (κ1) is 17.9. The standard InChI is InChI=1S/C17H20F3N5O2/c1-9-15(26)23-22-14-6-27-13-4-10(17(18,19)20)11(5-12(13)25(9)14)24(3)16(2)7-21-8-16/h4-5,9,21H,6-8H2,1-3H3,(H,23,26)/t9-/m1/s1. The molecule has 146 valence electrons. The maximum absolute atomic E-state index is 13.8. The van der Waals surface area contributed by atoms with Crippen LogP contribution >= 0.6 is 0 Å². The van der Waals surface area contributed by atoms with Crippen molar-refractivity contribution in [2.24, 2.45) is 5.10 Å². The van der Waals surface area contributed by atoms with Gasteiger partial charge in [-0.2, -0.15) is 18.3 Å². The molecule has 0 aliphatic carbocycles. The van der Waals surface area contributed by atoms with Crippen LogP contribution in [0, 0.1) is 0 Å². The molecule has 0 radical (unpaired) electrons. The first-order valence-electron chi connectivity index (χ1n) is 8.60. The third kappa shape index (κ3) is 2.70. The summed E-state index contributed by atoms with van der Waals surface area (Å²) in [7, 11) is 1.66. The number of hydrogen-bond donors (Lipinski definition) is 2. The molecule has 1 amide bonds. The molecule has 4 rings (SSSR count). The predicted octanol–water partition coefficient (Wildman–Crippen LogP) is 1.53. The second-order valence-electron chi connectivity index (χ2n) is 7.33. The van der Waals surface area contributed by atoms with E-state index in [1.54, 1.807) is 23.8 Å². The van der Waals surface area contributed by atoms with Crippen LogP contribution in [0.25, 0.3) is 0 Å². The van der Waals surface area contributed by atoms with E-state index in [0.29, 0.717) is 24.6 Å². The molecule has 0 bridgehead atoms. The fourth-order valence-corrected chi connectivity index (χ4v) is 3.58. The molecule has 3 aliphatic rings. The first-order valence-corrected chi connectivity index (χ1v) is 8.60. The number of carbonyl (C=O) groups is 1. The van der Waals surface area contributed by atoms with E-state index >= 15 is 0 Å². The van der Waals surface area contributed by atoms with Crippen molar-refractivity contribution < 1.29 is 22.7 Å². The zero-order valence-electron chi connectivity index (χ0n) is 15.1. The Labute approximate surface area is 154 Å². The number of hydrazone groups is 1. The van der Waals surface area contributed by atoms with Crippen LogP contribution in [-0.4, -0.2) is 50.1 Å². The number of halogens is 3. The monoisotopic (exact) mass is 383 g/mol. The Hall–Kier alpha value is -2.49. The number of fused-ring (bicyclic) bond motifs is 3.